The molecule has 0 atom stereocenters. The number of aliphatic hydroxyl groups is 1. The van der Waals surface area contributed by atoms with Gasteiger partial charge in [-0.25, -0.2) is 13.2 Å². The fourth-order valence-electron chi connectivity index (χ4n) is 3.84. The van der Waals surface area contributed by atoms with Gasteiger partial charge in [-0.05, 0) is 71.1 Å². The number of amides is 2. The third kappa shape index (κ3) is 8.08. The molecule has 1 aliphatic heterocycles. The monoisotopic (exact) mass is 670 g/mol. The Hall–Kier alpha value is -3.85. The van der Waals surface area contributed by atoms with Gasteiger partial charge in [0.15, 0.2) is 11.6 Å². The lowest BCUT2D eigenvalue weighted by molar-refractivity contribution is -0.134. The number of carbonyl (C=O) groups is 3. The summed E-state index contributed by atoms with van der Waals surface area (Å²) in [6, 6.07) is 13.0. The minimum atomic E-state index is -1.31. The van der Waals surface area contributed by atoms with Crippen molar-refractivity contribution in [2.24, 2.45) is 0 Å². The lowest BCUT2D eigenvalue weighted by Gasteiger charge is -2.46. The second-order valence-electron chi connectivity index (χ2n) is 9.05. The quantitative estimate of drug-likeness (QED) is 0.229. The van der Waals surface area contributed by atoms with Gasteiger partial charge in [-0.2, -0.15) is 0 Å². The van der Waals surface area contributed by atoms with E-state index in [9.17, 15) is 27.9 Å². The fourth-order valence-corrected chi connectivity index (χ4v) is 4.30. The summed E-state index contributed by atoms with van der Waals surface area (Å²) in [4.78, 5) is 34.6. The van der Waals surface area contributed by atoms with Crippen LogP contribution in [-0.4, -0.2) is 58.1 Å². The number of β-amino-alcohol motifs (C(OH)–C–C–N with tert-alkyl or cyclic N) is 1. The molecule has 1 aliphatic rings. The highest BCUT2D eigenvalue weighted by atomic mass is 127. The molecule has 3 aromatic rings. The molecule has 0 spiro atoms. The predicted octanol–water partition coefficient (Wildman–Crippen LogP) is 4.80. The summed E-state index contributed by atoms with van der Waals surface area (Å²) in [5.74, 6) is -4.87. The lowest BCUT2D eigenvalue weighted by atomic mass is 9.92. The van der Waals surface area contributed by atoms with Gasteiger partial charge >= 0.3 is 0 Å². The number of nitrogens with zero attached hydrogens (tertiary/aromatic N) is 1. The van der Waals surface area contributed by atoms with Crippen LogP contribution >= 0.6 is 22.6 Å². The van der Waals surface area contributed by atoms with E-state index < -0.39 is 40.6 Å². The fraction of sp³-hybridized carbons (Fsp3) is 0.222. The van der Waals surface area contributed by atoms with Gasteiger partial charge in [-0.1, -0.05) is 6.07 Å². The van der Waals surface area contributed by atoms with Crippen molar-refractivity contribution in [3.05, 3.63) is 81.2 Å². The Labute approximate surface area is 241 Å². The summed E-state index contributed by atoms with van der Waals surface area (Å²) in [5.41, 5.74) is -0.791. The molecule has 0 unspecified atom stereocenters. The summed E-state index contributed by atoms with van der Waals surface area (Å²) in [6.45, 7) is 2.48. The minimum Gasteiger partial charge on any atom is -0.481 e. The number of hydrogen-bond acceptors (Lipinski definition) is 6. The smallest absolute Gasteiger partial charge is 0.300 e. The first-order valence-electron chi connectivity index (χ1n) is 11.8. The maximum atomic E-state index is 14.7. The molecule has 0 aliphatic carbocycles. The van der Waals surface area contributed by atoms with E-state index in [2.05, 4.69) is 16.0 Å². The van der Waals surface area contributed by atoms with Gasteiger partial charge in [-0.3, -0.25) is 14.4 Å². The van der Waals surface area contributed by atoms with Gasteiger partial charge in [0.25, 0.3) is 11.9 Å². The standard InChI is InChI=1S/C25H22F3IN4O3.C2H4O2/c1-14(34)31-17-4-2-3-16(10-17)30-11-25(36)12-33(13-25)24(35)18-6-7-19(26)22(28)23(18)32-21-8-5-15(29)9-20(21)27;1-2(3)4/h2-10,30,32,36H,11-13H2,1H3,(H,31,34);1H3,(H,3,4). The van der Waals surface area contributed by atoms with E-state index in [1.54, 1.807) is 30.3 Å². The Morgan fingerprint density at radius 3 is 2.25 bits per heavy atom. The van der Waals surface area contributed by atoms with Gasteiger partial charge in [0.2, 0.25) is 5.91 Å². The Balaban J connectivity index is 0.00000103. The van der Waals surface area contributed by atoms with E-state index in [0.717, 1.165) is 19.1 Å². The zero-order valence-electron chi connectivity index (χ0n) is 21.4. The molecule has 2 amide bonds. The van der Waals surface area contributed by atoms with Gasteiger partial charge < -0.3 is 31.1 Å². The van der Waals surface area contributed by atoms with Gasteiger partial charge in [0.1, 0.15) is 11.4 Å². The summed E-state index contributed by atoms with van der Waals surface area (Å²) >= 11 is 1.92. The van der Waals surface area contributed by atoms with Crippen LogP contribution in [0.3, 0.4) is 0 Å². The predicted molar refractivity (Wildman–Crippen MR) is 152 cm³/mol. The Morgan fingerprint density at radius 1 is 0.975 bits per heavy atom. The van der Waals surface area contributed by atoms with E-state index in [1.807, 2.05) is 22.6 Å². The molecule has 1 heterocycles. The lowest BCUT2D eigenvalue weighted by Crippen LogP contribution is -2.66. The Kier molecular flexibility index (Phi) is 9.98. The number of aliphatic carboxylic acids is 1. The summed E-state index contributed by atoms with van der Waals surface area (Å²) in [7, 11) is 0. The van der Waals surface area contributed by atoms with Crippen LogP contribution in [0.5, 0.6) is 0 Å². The molecule has 0 saturated carbocycles. The third-order valence-corrected chi connectivity index (χ3v) is 6.25. The molecule has 9 nitrogen and oxygen atoms in total. The highest BCUT2D eigenvalue weighted by Crippen LogP contribution is 2.32. The number of nitrogens with one attached hydrogen (secondary N) is 3. The van der Waals surface area contributed by atoms with Gasteiger partial charge in [-0.15, -0.1) is 0 Å². The average molecular weight is 670 g/mol. The summed E-state index contributed by atoms with van der Waals surface area (Å²) < 4.78 is 43.5. The van der Waals surface area contributed by atoms with Crippen molar-refractivity contribution in [3.8, 4) is 0 Å². The average Bonchev–Trinajstić information content (AvgIpc) is 2.84. The first-order chi connectivity index (χ1) is 18.8. The SMILES string of the molecule is CC(=O)Nc1cccc(NCC2(O)CN(C(=O)c3ccc(F)c(F)c3Nc3ccc(I)cc3F)C2)c1.CC(=O)O. The van der Waals surface area contributed by atoms with Crippen LogP contribution < -0.4 is 16.0 Å². The van der Waals surface area contributed by atoms with Crippen molar-refractivity contribution >= 4 is 63.1 Å². The number of rotatable bonds is 7. The number of benzene rings is 3. The molecular weight excluding hydrogens is 644 g/mol. The van der Waals surface area contributed by atoms with Crippen molar-refractivity contribution in [2.75, 3.05) is 35.6 Å². The second-order valence-corrected chi connectivity index (χ2v) is 10.3. The number of carboxylic acids is 1. The molecule has 212 valence electrons. The van der Waals surface area contributed by atoms with Crippen molar-refractivity contribution in [1.29, 1.82) is 0 Å². The van der Waals surface area contributed by atoms with Crippen molar-refractivity contribution in [1.82, 2.24) is 4.90 Å². The van der Waals surface area contributed by atoms with Crippen molar-refractivity contribution in [3.63, 3.8) is 0 Å². The Bertz CT molecular complexity index is 1430. The molecular formula is C27H26F3IN4O5. The highest BCUT2D eigenvalue weighted by molar-refractivity contribution is 14.1. The zero-order valence-corrected chi connectivity index (χ0v) is 23.6. The number of hydrogen-bond donors (Lipinski definition) is 5. The highest BCUT2D eigenvalue weighted by Gasteiger charge is 2.44. The van der Waals surface area contributed by atoms with Gasteiger partial charge in [0, 0.05) is 35.3 Å². The van der Waals surface area contributed by atoms with Crippen LogP contribution in [0, 0.1) is 21.0 Å². The van der Waals surface area contributed by atoms with E-state index >= 15 is 0 Å². The first-order valence-corrected chi connectivity index (χ1v) is 12.9. The first kappa shape index (κ1) is 30.7. The van der Waals surface area contributed by atoms with E-state index in [4.69, 9.17) is 9.90 Å². The summed E-state index contributed by atoms with van der Waals surface area (Å²) in [6.07, 6.45) is 0. The molecule has 0 aromatic heterocycles. The molecule has 13 heteroatoms. The van der Waals surface area contributed by atoms with Crippen LogP contribution in [0.1, 0.15) is 24.2 Å². The largest absolute Gasteiger partial charge is 0.481 e. The Morgan fingerprint density at radius 2 is 1.62 bits per heavy atom. The van der Waals surface area contributed by atoms with Crippen LogP contribution in [0.15, 0.2) is 54.6 Å². The van der Waals surface area contributed by atoms with Crippen LogP contribution in [0.25, 0.3) is 0 Å². The maximum absolute atomic E-state index is 14.7. The minimum absolute atomic E-state index is 0.0550. The third-order valence-electron chi connectivity index (χ3n) is 5.58. The maximum Gasteiger partial charge on any atom is 0.300 e. The molecule has 1 saturated heterocycles. The molecule has 3 aromatic carbocycles. The van der Waals surface area contributed by atoms with Crippen molar-refractivity contribution < 1.29 is 37.8 Å². The topological polar surface area (TPSA) is 131 Å². The molecule has 0 radical (unpaired) electrons. The number of carbonyl (C=O) groups excluding carboxylic acids is 2. The normalized spacial score (nSPS) is 13.3. The number of halogens is 4. The van der Waals surface area contributed by atoms with E-state index in [0.29, 0.717) is 14.9 Å². The van der Waals surface area contributed by atoms with E-state index in [-0.39, 0.29) is 36.8 Å². The molecule has 0 bridgehead atoms. The zero-order chi connectivity index (χ0) is 29.6. The summed E-state index contributed by atoms with van der Waals surface area (Å²) in [5, 5.41) is 26.4. The molecule has 4 rings (SSSR count). The van der Waals surface area contributed by atoms with Crippen LogP contribution in [0.4, 0.5) is 35.9 Å². The molecule has 40 heavy (non-hydrogen) atoms. The van der Waals surface area contributed by atoms with Crippen LogP contribution in [0.2, 0.25) is 0 Å². The van der Waals surface area contributed by atoms with E-state index in [1.165, 1.54) is 24.0 Å². The molecule has 5 N–H and O–H groups in total. The second kappa shape index (κ2) is 13.0. The number of carboxylic acid groups (broad SMARTS) is 1. The molecule has 1 fully saturated rings. The van der Waals surface area contributed by atoms with Crippen molar-refractivity contribution in [2.45, 2.75) is 19.4 Å². The number of anilines is 4. The van der Waals surface area contributed by atoms with Crippen LogP contribution in [-0.2, 0) is 9.59 Å². The van der Waals surface area contributed by atoms with Gasteiger partial charge in [0.05, 0.1) is 30.0 Å². The number of likely N-dealkylation sites (tertiary alicyclic amines) is 1.